The molecule has 1 aliphatic rings. The molecule has 2 nitrogen and oxygen atoms in total. The smallest absolute Gasteiger partial charge is 0.195 e. The van der Waals surface area contributed by atoms with Crippen molar-refractivity contribution in [1.82, 2.24) is 4.67 Å². The quantitative estimate of drug-likeness (QED) is 0.409. The Morgan fingerprint density at radius 3 is 2.40 bits per heavy atom. The summed E-state index contributed by atoms with van der Waals surface area (Å²) in [5.41, 5.74) is 0. The highest BCUT2D eigenvalue weighted by molar-refractivity contribution is 14.1. The summed E-state index contributed by atoms with van der Waals surface area (Å²) in [6, 6.07) is 0. The first-order chi connectivity index (χ1) is 4.70. The molecule has 1 aliphatic heterocycles. The summed E-state index contributed by atoms with van der Waals surface area (Å²) in [4.78, 5) is 10.9. The number of nitrogens with zero attached hydrogens (tertiary/aromatic N) is 1. The largest absolute Gasteiger partial charge is 0.287 e. The molecular formula is C6H11INOP. The lowest BCUT2D eigenvalue weighted by atomic mass is 10.0. The highest BCUT2D eigenvalue weighted by atomic mass is 127. The topological polar surface area (TPSA) is 20.3 Å². The second kappa shape index (κ2) is 3.98. The number of hydrogen-bond donors (Lipinski definition) is 0. The Kier molecular flexibility index (Phi) is 3.53. The molecule has 58 valence electrons. The third kappa shape index (κ3) is 2.44. The first-order valence-corrected chi connectivity index (χ1v) is 4.98. The van der Waals surface area contributed by atoms with Crippen LogP contribution in [-0.4, -0.2) is 21.5 Å². The van der Waals surface area contributed by atoms with Gasteiger partial charge in [-0.1, -0.05) is 9.39 Å². The van der Waals surface area contributed by atoms with E-state index in [9.17, 15) is 4.79 Å². The Balaban J connectivity index is 2.33. The fourth-order valence-electron chi connectivity index (χ4n) is 1.13. The molecule has 1 rings (SSSR count). The maximum absolute atomic E-state index is 10.9. The molecule has 0 aliphatic carbocycles. The normalized spacial score (nSPS) is 23.0. The number of halogens is 1. The molecule has 0 saturated carbocycles. The van der Waals surface area contributed by atoms with Gasteiger partial charge in [-0.05, 0) is 35.4 Å². The summed E-state index contributed by atoms with van der Waals surface area (Å²) >= 11 is 1.90. The molecule has 1 saturated heterocycles. The van der Waals surface area contributed by atoms with Crippen molar-refractivity contribution >= 4 is 35.8 Å². The van der Waals surface area contributed by atoms with E-state index < -0.39 is 0 Å². The highest BCUT2D eigenvalue weighted by Gasteiger charge is 2.20. The van der Waals surface area contributed by atoms with Crippen LogP contribution in [0.1, 0.15) is 12.8 Å². The molecule has 10 heavy (non-hydrogen) atoms. The van der Waals surface area contributed by atoms with Crippen LogP contribution in [-0.2, 0) is 4.79 Å². The van der Waals surface area contributed by atoms with E-state index in [0.29, 0.717) is 9.71 Å². The molecule has 0 bridgehead atoms. The van der Waals surface area contributed by atoms with E-state index in [1.54, 1.807) is 0 Å². The van der Waals surface area contributed by atoms with Crippen molar-refractivity contribution in [3.05, 3.63) is 0 Å². The van der Waals surface area contributed by atoms with Gasteiger partial charge < -0.3 is 0 Å². The van der Waals surface area contributed by atoms with E-state index in [0.717, 1.165) is 25.9 Å². The second-order valence-electron chi connectivity index (χ2n) is 2.61. The van der Waals surface area contributed by atoms with Crippen molar-refractivity contribution in [3.63, 3.8) is 0 Å². The van der Waals surface area contributed by atoms with Crippen molar-refractivity contribution in [2.75, 3.05) is 13.1 Å². The van der Waals surface area contributed by atoms with Gasteiger partial charge in [-0.3, -0.25) is 9.46 Å². The molecule has 0 aromatic carbocycles. The van der Waals surface area contributed by atoms with Crippen LogP contribution in [0.3, 0.4) is 0 Å². The number of rotatable bonds is 1. The van der Waals surface area contributed by atoms with E-state index in [4.69, 9.17) is 0 Å². The predicted octanol–water partition coefficient (Wildman–Crippen LogP) is 1.45. The number of carbonyl (C=O) groups excluding carboxylic acids is 1. The molecule has 0 spiro atoms. The summed E-state index contributed by atoms with van der Waals surface area (Å²) in [5.74, 6) is 0.331. The van der Waals surface area contributed by atoms with Gasteiger partial charge in [0.1, 0.15) is 0 Å². The van der Waals surface area contributed by atoms with Crippen molar-refractivity contribution in [1.29, 1.82) is 0 Å². The molecule has 1 fully saturated rings. The summed E-state index contributed by atoms with van der Waals surface area (Å²) in [7, 11) is 2.67. The lowest BCUT2D eigenvalue weighted by Crippen LogP contribution is -2.28. The molecule has 0 N–H and O–H groups in total. The minimum atomic E-state index is 0.329. The zero-order valence-electron chi connectivity index (χ0n) is 5.72. The average Bonchev–Trinajstić information content (AvgIpc) is 1.88. The van der Waals surface area contributed by atoms with Crippen LogP contribution < -0.4 is 0 Å². The van der Waals surface area contributed by atoms with E-state index in [2.05, 4.69) is 14.1 Å². The lowest BCUT2D eigenvalue weighted by molar-refractivity contribution is -0.113. The zero-order valence-corrected chi connectivity index (χ0v) is 9.03. The number of piperidine rings is 1. The summed E-state index contributed by atoms with van der Waals surface area (Å²) in [5, 5.41) is 0. The van der Waals surface area contributed by atoms with E-state index in [1.165, 1.54) is 0 Å². The van der Waals surface area contributed by atoms with Crippen LogP contribution in [0.5, 0.6) is 0 Å². The van der Waals surface area contributed by atoms with Crippen LogP contribution >= 0.6 is 32.0 Å². The first kappa shape index (κ1) is 8.88. The van der Waals surface area contributed by atoms with Gasteiger partial charge in [0.15, 0.2) is 3.79 Å². The van der Waals surface area contributed by atoms with Gasteiger partial charge in [-0.15, -0.1) is 0 Å². The summed E-state index contributed by atoms with van der Waals surface area (Å²) < 4.78 is 2.52. The molecule has 4 heteroatoms. The van der Waals surface area contributed by atoms with Crippen molar-refractivity contribution < 1.29 is 4.79 Å². The molecule has 0 aromatic heterocycles. The number of carbonyl (C=O) groups is 1. The van der Waals surface area contributed by atoms with Crippen LogP contribution in [0.25, 0.3) is 0 Å². The van der Waals surface area contributed by atoms with Gasteiger partial charge in [0, 0.05) is 19.0 Å². The minimum Gasteiger partial charge on any atom is -0.287 e. The van der Waals surface area contributed by atoms with Gasteiger partial charge in [0.2, 0.25) is 0 Å². The number of hydrogen-bond acceptors (Lipinski definition) is 2. The fourth-order valence-corrected chi connectivity index (χ4v) is 2.05. The fraction of sp³-hybridized carbons (Fsp3) is 0.833. The minimum absolute atomic E-state index is 0.329. The maximum Gasteiger partial charge on any atom is 0.195 e. The molecule has 1 unspecified atom stereocenters. The maximum atomic E-state index is 10.9. The Morgan fingerprint density at radius 2 is 2.00 bits per heavy atom. The van der Waals surface area contributed by atoms with E-state index in [1.807, 2.05) is 22.6 Å². The molecule has 0 amide bonds. The zero-order chi connectivity index (χ0) is 7.56. The van der Waals surface area contributed by atoms with Gasteiger partial charge in [-0.2, -0.15) is 0 Å². The highest BCUT2D eigenvalue weighted by Crippen LogP contribution is 2.21. The Bertz CT molecular complexity index is 134. The third-order valence-corrected chi connectivity index (χ3v) is 3.25. The Hall–Kier alpha value is 0.790. The van der Waals surface area contributed by atoms with Crippen LogP contribution in [0.15, 0.2) is 0 Å². The van der Waals surface area contributed by atoms with Gasteiger partial charge in [-0.25, -0.2) is 0 Å². The van der Waals surface area contributed by atoms with Gasteiger partial charge >= 0.3 is 0 Å². The van der Waals surface area contributed by atoms with Gasteiger partial charge in [0.25, 0.3) is 0 Å². The Labute approximate surface area is 77.1 Å². The SMILES string of the molecule is O=C(I)C1CCN(P)CC1. The molecule has 0 aromatic rings. The third-order valence-electron chi connectivity index (χ3n) is 1.85. The molecule has 1 atom stereocenters. The van der Waals surface area contributed by atoms with Crippen molar-refractivity contribution in [2.24, 2.45) is 5.92 Å². The van der Waals surface area contributed by atoms with E-state index >= 15 is 0 Å². The summed E-state index contributed by atoms with van der Waals surface area (Å²) in [6.07, 6.45) is 2.07. The van der Waals surface area contributed by atoms with Crippen LogP contribution in [0.2, 0.25) is 0 Å². The first-order valence-electron chi connectivity index (χ1n) is 3.39. The molecular weight excluding hydrogens is 260 g/mol. The van der Waals surface area contributed by atoms with Crippen LogP contribution in [0.4, 0.5) is 0 Å². The standard InChI is InChI=1S/C6H11INOP/c7-6(9)5-1-3-8(10)4-2-5/h5H,1-4,10H2. The van der Waals surface area contributed by atoms with Crippen molar-refractivity contribution in [2.45, 2.75) is 12.8 Å². The Morgan fingerprint density at radius 1 is 1.50 bits per heavy atom. The van der Waals surface area contributed by atoms with E-state index in [-0.39, 0.29) is 0 Å². The molecule has 0 radical (unpaired) electrons. The lowest BCUT2D eigenvalue weighted by Gasteiger charge is -2.26. The monoisotopic (exact) mass is 271 g/mol. The molecule has 1 heterocycles. The predicted molar refractivity (Wildman–Crippen MR) is 53.0 cm³/mol. The summed E-state index contributed by atoms with van der Waals surface area (Å²) in [6.45, 7) is 2.09. The average molecular weight is 271 g/mol. The van der Waals surface area contributed by atoms with Gasteiger partial charge in [0.05, 0.1) is 0 Å². The van der Waals surface area contributed by atoms with Crippen LogP contribution in [0, 0.1) is 5.92 Å². The second-order valence-corrected chi connectivity index (χ2v) is 4.41. The van der Waals surface area contributed by atoms with Crippen molar-refractivity contribution in [3.8, 4) is 0 Å².